The van der Waals surface area contributed by atoms with Crippen LogP contribution in [0.2, 0.25) is 0 Å². The molecule has 1 aliphatic heterocycles. The minimum atomic E-state index is -3.99. The maximum atomic E-state index is 15.4. The van der Waals surface area contributed by atoms with E-state index in [0.717, 1.165) is 83.5 Å². The molecule has 0 saturated heterocycles. The summed E-state index contributed by atoms with van der Waals surface area (Å²) in [4.78, 5) is 16.1. The first-order valence-electron chi connectivity index (χ1n) is 21.0. The van der Waals surface area contributed by atoms with E-state index >= 15 is 8.42 Å². The van der Waals surface area contributed by atoms with Crippen LogP contribution in [0.15, 0.2) is 192 Å². The molecule has 1 atom stereocenters. The average molecular weight is 818 g/mol. The molecule has 3 aliphatic rings. The van der Waals surface area contributed by atoms with Crippen molar-refractivity contribution in [2.75, 3.05) is 0 Å². The van der Waals surface area contributed by atoms with Crippen LogP contribution in [0.25, 0.3) is 67.5 Å². The molecule has 296 valence electrons. The van der Waals surface area contributed by atoms with E-state index < -0.39 is 20.7 Å². The first-order valence-corrected chi connectivity index (χ1v) is 22.5. The average Bonchev–Trinajstić information content (AvgIpc) is 3.47. The van der Waals surface area contributed by atoms with Gasteiger partial charge in [-0.1, -0.05) is 171 Å². The Balaban J connectivity index is 1.24. The third-order valence-corrected chi connectivity index (χ3v) is 15.3. The van der Waals surface area contributed by atoms with Crippen molar-refractivity contribution in [2.24, 2.45) is 0 Å². The molecule has 0 bridgehead atoms. The van der Waals surface area contributed by atoms with Crippen LogP contribution in [0.4, 0.5) is 0 Å². The van der Waals surface area contributed by atoms with Gasteiger partial charge in [-0.25, -0.2) is 23.4 Å². The first kappa shape index (κ1) is 36.6. The van der Waals surface area contributed by atoms with Crippen LogP contribution in [0.1, 0.15) is 52.8 Å². The lowest BCUT2D eigenvalue weighted by molar-refractivity contribution is 0.577. The van der Waals surface area contributed by atoms with Crippen molar-refractivity contribution in [2.45, 2.75) is 41.4 Å². The Morgan fingerprint density at radius 2 is 0.903 bits per heavy atom. The molecule has 1 aromatic heterocycles. The Hall–Kier alpha value is -7.28. The molecule has 0 saturated carbocycles. The number of hydrogen-bond acceptors (Lipinski definition) is 5. The van der Waals surface area contributed by atoms with Crippen LogP contribution in [0.5, 0.6) is 0 Å². The Bertz CT molecular complexity index is 3480. The van der Waals surface area contributed by atoms with Crippen molar-refractivity contribution in [3.05, 3.63) is 221 Å². The van der Waals surface area contributed by atoms with E-state index in [9.17, 15) is 0 Å². The van der Waals surface area contributed by atoms with E-state index in [1.807, 2.05) is 66.7 Å². The van der Waals surface area contributed by atoms with Gasteiger partial charge in [0.05, 0.1) is 15.2 Å². The Morgan fingerprint density at radius 3 is 1.60 bits per heavy atom. The van der Waals surface area contributed by atoms with Gasteiger partial charge >= 0.3 is 0 Å². The normalized spacial score (nSPS) is 16.8. The molecule has 8 aromatic carbocycles. The van der Waals surface area contributed by atoms with Gasteiger partial charge in [-0.15, -0.1) is 0 Å². The monoisotopic (exact) mass is 817 g/mol. The lowest BCUT2D eigenvalue weighted by Gasteiger charge is -2.43. The van der Waals surface area contributed by atoms with Gasteiger partial charge in [0.25, 0.3) is 0 Å². The molecule has 0 amide bonds. The fourth-order valence-corrected chi connectivity index (χ4v) is 12.4. The molecule has 2 heterocycles. The highest BCUT2D eigenvalue weighted by Crippen LogP contribution is 2.62. The van der Waals surface area contributed by atoms with E-state index in [2.05, 4.69) is 130 Å². The summed E-state index contributed by atoms with van der Waals surface area (Å²) in [7, 11) is -3.99. The van der Waals surface area contributed by atoms with Crippen molar-refractivity contribution in [1.82, 2.24) is 15.0 Å². The van der Waals surface area contributed by atoms with Gasteiger partial charge in [0.15, 0.2) is 17.5 Å². The molecule has 9 aromatic rings. The van der Waals surface area contributed by atoms with Gasteiger partial charge in [-0.3, -0.25) is 0 Å². The molecular weight excluding hydrogens is 779 g/mol. The van der Waals surface area contributed by atoms with Gasteiger partial charge in [0.2, 0.25) is 9.84 Å². The van der Waals surface area contributed by atoms with Crippen LogP contribution in [0, 0.1) is 6.92 Å². The molecule has 0 fully saturated rings. The van der Waals surface area contributed by atoms with Gasteiger partial charge in [0.1, 0.15) is 0 Å². The minimum absolute atomic E-state index is 0.311. The highest BCUT2D eigenvalue weighted by Gasteiger charge is 2.53. The molecule has 0 N–H and O–H groups in total. The zero-order chi connectivity index (χ0) is 42.0. The summed E-state index contributed by atoms with van der Waals surface area (Å²) >= 11 is 0. The second-order valence-corrected chi connectivity index (χ2v) is 19.1. The zero-order valence-corrected chi connectivity index (χ0v) is 35.2. The third-order valence-electron chi connectivity index (χ3n) is 13.4. The Kier molecular flexibility index (Phi) is 7.73. The molecule has 6 heteroatoms. The summed E-state index contributed by atoms with van der Waals surface area (Å²) in [6, 6.07) is 62.2. The molecule has 2 aliphatic carbocycles. The van der Waals surface area contributed by atoms with E-state index in [1.165, 1.54) is 5.56 Å². The molecular formula is C56H39N3O2S. The van der Waals surface area contributed by atoms with Crippen LogP contribution in [-0.4, -0.2) is 23.4 Å². The summed E-state index contributed by atoms with van der Waals surface area (Å²) in [5, 5.41) is 0. The largest absolute Gasteiger partial charge is 0.218 e. The summed E-state index contributed by atoms with van der Waals surface area (Å²) in [6.45, 7) is 6.47. The number of rotatable bonds is 3. The SMILES string of the molecule is Cc1cccc(-c2nc(-c3ccccc3)nc(-c3ccc4c(c3)C3(c5ccccc5-c5ccccc5-4)c4ccccc4S(=O)(=O)c4cc5c(cc43)-c3ccccc3C5(C)C)n2)c1. The number of sulfone groups is 1. The molecule has 1 unspecified atom stereocenters. The van der Waals surface area contributed by atoms with Crippen molar-refractivity contribution in [3.63, 3.8) is 0 Å². The topological polar surface area (TPSA) is 72.8 Å². The van der Waals surface area contributed by atoms with Gasteiger partial charge in [-0.2, -0.15) is 0 Å². The van der Waals surface area contributed by atoms with E-state index in [4.69, 9.17) is 15.0 Å². The van der Waals surface area contributed by atoms with Crippen LogP contribution < -0.4 is 0 Å². The molecule has 12 rings (SSSR count). The third kappa shape index (κ3) is 5.01. The predicted molar refractivity (Wildman–Crippen MR) is 247 cm³/mol. The summed E-state index contributed by atoms with van der Waals surface area (Å²) in [5.41, 5.74) is 14.2. The van der Waals surface area contributed by atoms with Crippen molar-refractivity contribution >= 4 is 9.84 Å². The van der Waals surface area contributed by atoms with Gasteiger partial charge in [0, 0.05) is 22.1 Å². The number of aromatic nitrogens is 3. The molecule has 1 spiro atoms. The number of nitrogens with zero attached hydrogens (tertiary/aromatic N) is 3. The quantitative estimate of drug-likeness (QED) is 0.178. The van der Waals surface area contributed by atoms with Crippen molar-refractivity contribution < 1.29 is 8.42 Å². The van der Waals surface area contributed by atoms with Crippen LogP contribution in [0.3, 0.4) is 0 Å². The summed E-state index contributed by atoms with van der Waals surface area (Å²) in [5.74, 6) is 1.68. The summed E-state index contributed by atoms with van der Waals surface area (Å²) < 4.78 is 30.7. The maximum Gasteiger partial charge on any atom is 0.207 e. The summed E-state index contributed by atoms with van der Waals surface area (Å²) in [6.07, 6.45) is 0. The Morgan fingerprint density at radius 1 is 0.371 bits per heavy atom. The maximum absolute atomic E-state index is 15.4. The number of hydrogen-bond donors (Lipinski definition) is 0. The standard InChI is InChI=1S/C56H39N3O2S/c1-34-16-15-19-36(30-34)53-57-52(35-17-5-4-6-18-35)58-54(59-53)37-28-29-42-39-21-8-7-20-38(39)40-22-10-12-25-45(40)56(48(42)31-37)46-26-13-14-27-50(46)62(60,61)51-33-47-43(32-49(51)56)41-23-9-11-24-44(41)55(47,2)3/h4-33H,1-3H3. The van der Waals surface area contributed by atoms with E-state index in [0.29, 0.717) is 27.3 Å². The Labute approximate surface area is 361 Å². The fourth-order valence-electron chi connectivity index (χ4n) is 10.6. The smallest absolute Gasteiger partial charge is 0.207 e. The number of fused-ring (bicyclic) bond motifs is 14. The predicted octanol–water partition coefficient (Wildman–Crippen LogP) is 12.7. The minimum Gasteiger partial charge on any atom is -0.218 e. The molecule has 0 radical (unpaired) electrons. The van der Waals surface area contributed by atoms with Crippen molar-refractivity contribution in [3.8, 4) is 67.5 Å². The molecule has 5 nitrogen and oxygen atoms in total. The van der Waals surface area contributed by atoms with Crippen LogP contribution in [-0.2, 0) is 20.7 Å². The highest BCUT2D eigenvalue weighted by atomic mass is 32.2. The van der Waals surface area contributed by atoms with Crippen molar-refractivity contribution in [1.29, 1.82) is 0 Å². The zero-order valence-electron chi connectivity index (χ0n) is 34.4. The number of benzene rings is 8. The first-order chi connectivity index (χ1) is 30.2. The lowest BCUT2D eigenvalue weighted by atomic mass is 9.62. The van der Waals surface area contributed by atoms with E-state index in [-0.39, 0.29) is 0 Å². The van der Waals surface area contributed by atoms with Crippen LogP contribution >= 0.6 is 0 Å². The lowest BCUT2D eigenvalue weighted by Crippen LogP contribution is -2.38. The number of aryl methyl sites for hydroxylation is 1. The molecule has 62 heavy (non-hydrogen) atoms. The second-order valence-electron chi connectivity index (χ2n) is 17.2. The van der Waals surface area contributed by atoms with Gasteiger partial charge in [-0.05, 0) is 104 Å². The highest BCUT2D eigenvalue weighted by molar-refractivity contribution is 7.91. The van der Waals surface area contributed by atoms with Gasteiger partial charge < -0.3 is 0 Å². The second kappa shape index (κ2) is 13.1. The van der Waals surface area contributed by atoms with E-state index in [1.54, 1.807) is 6.07 Å². The fraction of sp³-hybridized carbons (Fsp3) is 0.0893.